The molecule has 0 saturated carbocycles. The Morgan fingerprint density at radius 1 is 0.778 bits per heavy atom. The number of halogens is 4. The Labute approximate surface area is 231 Å². The van der Waals surface area contributed by atoms with E-state index in [9.17, 15) is 9.90 Å². The molecule has 0 fully saturated rings. The van der Waals surface area contributed by atoms with Crippen molar-refractivity contribution in [2.75, 3.05) is 16.4 Å². The van der Waals surface area contributed by atoms with Gasteiger partial charge in [-0.3, -0.25) is 0 Å². The van der Waals surface area contributed by atoms with Gasteiger partial charge in [-0.15, -0.1) is 0 Å². The lowest BCUT2D eigenvalue weighted by atomic mass is 10.4. The van der Waals surface area contributed by atoms with E-state index in [1.807, 2.05) is 0 Å². The Balaban J connectivity index is 1.73. The minimum Gasteiger partial charge on any atom is -0.464 e. The highest BCUT2D eigenvalue weighted by molar-refractivity contribution is 7.99. The molecule has 4 aromatic heterocycles. The maximum absolute atomic E-state index is 12.3. The summed E-state index contributed by atoms with van der Waals surface area (Å²) in [6.45, 7) is 0. The lowest BCUT2D eigenvalue weighted by molar-refractivity contribution is 0.204. The van der Waals surface area contributed by atoms with E-state index in [1.54, 1.807) is 12.1 Å². The van der Waals surface area contributed by atoms with Crippen molar-refractivity contribution in [2.24, 2.45) is 0 Å². The molecule has 0 radical (unpaired) electrons. The van der Waals surface area contributed by atoms with Crippen molar-refractivity contribution in [2.45, 2.75) is 19.8 Å². The maximum atomic E-state index is 12.3. The fourth-order valence-corrected chi connectivity index (χ4v) is 5.14. The number of amides is 1. The smallest absolute Gasteiger partial charge is 0.419 e. The van der Waals surface area contributed by atoms with E-state index >= 15 is 0 Å². The zero-order chi connectivity index (χ0) is 26.0. The Kier molecular flexibility index (Phi) is 8.07. The molecule has 17 heteroatoms. The molecule has 0 unspecified atom stereocenters. The minimum absolute atomic E-state index is 0.00946. The number of pyridine rings is 2. The molecular weight excluding hydrogens is 592 g/mol. The van der Waals surface area contributed by atoms with Crippen molar-refractivity contribution in [3.63, 3.8) is 0 Å². The van der Waals surface area contributed by atoms with E-state index < -0.39 is 6.09 Å². The highest BCUT2D eigenvalue weighted by Crippen LogP contribution is 2.43. The van der Waals surface area contributed by atoms with E-state index in [1.165, 1.54) is 24.8 Å². The van der Waals surface area contributed by atoms with Gasteiger partial charge in [-0.2, -0.15) is 0 Å². The van der Waals surface area contributed by atoms with Crippen LogP contribution in [0, 0.1) is 0 Å². The van der Waals surface area contributed by atoms with Gasteiger partial charge < -0.3 is 16.6 Å². The topological polar surface area (TPSA) is 170 Å². The van der Waals surface area contributed by atoms with Crippen LogP contribution >= 0.6 is 69.9 Å². The van der Waals surface area contributed by atoms with E-state index in [0.29, 0.717) is 19.8 Å². The molecule has 4 aromatic rings. The van der Waals surface area contributed by atoms with Gasteiger partial charge in [0.05, 0.1) is 22.4 Å². The first-order valence-electron chi connectivity index (χ1n) is 9.39. The highest BCUT2D eigenvalue weighted by Gasteiger charge is 2.28. The number of aromatic nitrogens is 6. The van der Waals surface area contributed by atoms with Crippen LogP contribution in [0.5, 0.6) is 0 Å². The summed E-state index contributed by atoms with van der Waals surface area (Å²) in [5.41, 5.74) is 11.8. The summed E-state index contributed by atoms with van der Waals surface area (Å²) >= 11 is 26.8. The number of nitrogens with two attached hydrogens (primary N) is 2. The lowest BCUT2D eigenvalue weighted by Crippen LogP contribution is -2.26. The van der Waals surface area contributed by atoms with Gasteiger partial charge >= 0.3 is 6.09 Å². The predicted molar refractivity (Wildman–Crippen MR) is 140 cm³/mol. The van der Waals surface area contributed by atoms with Crippen LogP contribution in [0.2, 0.25) is 20.4 Å². The average Bonchev–Trinajstić information content (AvgIpc) is 2.82. The zero-order valence-corrected chi connectivity index (χ0v) is 22.1. The molecule has 0 aliphatic heterocycles. The summed E-state index contributed by atoms with van der Waals surface area (Å²) in [6.07, 6.45) is 3.96. The number of hydrogen-bond donors (Lipinski definition) is 3. The van der Waals surface area contributed by atoms with Gasteiger partial charge in [0.15, 0.2) is 23.3 Å². The van der Waals surface area contributed by atoms with Gasteiger partial charge in [0.2, 0.25) is 0 Å². The third-order valence-electron chi connectivity index (χ3n) is 4.17. The van der Waals surface area contributed by atoms with Gasteiger partial charge in [0.1, 0.15) is 20.4 Å². The largest absolute Gasteiger partial charge is 0.464 e. The molecule has 1 amide bonds. The maximum Gasteiger partial charge on any atom is 0.419 e. The van der Waals surface area contributed by atoms with Crippen LogP contribution in [-0.4, -0.2) is 41.1 Å². The summed E-state index contributed by atoms with van der Waals surface area (Å²) in [5, 5.41) is 10.9. The van der Waals surface area contributed by atoms with Gasteiger partial charge in [0.25, 0.3) is 0 Å². The molecule has 0 aromatic carbocycles. The number of carboxylic acid groups (broad SMARTS) is 1. The molecule has 0 saturated heterocycles. The van der Waals surface area contributed by atoms with Gasteiger partial charge in [-0.25, -0.2) is 39.6 Å². The second-order valence-electron chi connectivity index (χ2n) is 6.48. The summed E-state index contributed by atoms with van der Waals surface area (Å²) in [5.74, 6) is -0.124. The minimum atomic E-state index is -1.43. The average molecular weight is 603 g/mol. The van der Waals surface area contributed by atoms with E-state index in [4.69, 9.17) is 57.9 Å². The number of hydrogen-bond acceptors (Lipinski definition) is 11. The molecule has 4 heterocycles. The monoisotopic (exact) mass is 601 g/mol. The van der Waals surface area contributed by atoms with Crippen LogP contribution in [0.4, 0.5) is 28.1 Å². The fourth-order valence-electron chi connectivity index (χ4n) is 2.69. The fraction of sp³-hybridized carbons (Fsp3) is 0. The SMILES string of the molecule is Nc1nc(Cl)cnc1Sc1ccnc(N(C(=O)O)c2nccc(Sc3ncc(Cl)nc3N)c2Cl)c1Cl. The second kappa shape index (κ2) is 11.1. The number of nitrogens with zero attached hydrogens (tertiary/aromatic N) is 7. The van der Waals surface area contributed by atoms with Crippen molar-refractivity contribution < 1.29 is 9.90 Å². The van der Waals surface area contributed by atoms with Crippen LogP contribution < -0.4 is 16.4 Å². The third kappa shape index (κ3) is 5.61. The van der Waals surface area contributed by atoms with Crippen LogP contribution in [0.1, 0.15) is 0 Å². The standard InChI is InChI=1S/C19H11Cl4N9O2S2/c20-9-5-28-17(13(24)30-9)35-7-1-3-26-15(11(7)22)32(19(33)34)16-12(23)8(2-4-27-16)36-18-14(25)31-10(21)6-29-18/h1-6H,(H2,24,30)(H2,25,31)(H,33,34). The van der Waals surface area contributed by atoms with Crippen molar-refractivity contribution in [3.05, 3.63) is 57.3 Å². The molecule has 184 valence electrons. The predicted octanol–water partition coefficient (Wildman–Crippen LogP) is 5.95. The summed E-state index contributed by atoms with van der Waals surface area (Å²) in [7, 11) is 0. The number of anilines is 4. The van der Waals surface area contributed by atoms with Crippen LogP contribution in [0.3, 0.4) is 0 Å². The first-order chi connectivity index (χ1) is 17.2. The Hall–Kier alpha value is -2.81. The van der Waals surface area contributed by atoms with Crippen LogP contribution in [-0.2, 0) is 0 Å². The number of rotatable bonds is 6. The van der Waals surface area contributed by atoms with E-state index in [0.717, 1.165) is 28.4 Å². The molecule has 0 aliphatic carbocycles. The molecular formula is C19H11Cl4N9O2S2. The molecule has 0 bridgehead atoms. The van der Waals surface area contributed by atoms with Gasteiger partial charge in [-0.05, 0) is 12.1 Å². The molecule has 4 rings (SSSR count). The Morgan fingerprint density at radius 3 is 1.56 bits per heavy atom. The Bertz CT molecular complexity index is 1380. The summed E-state index contributed by atoms with van der Waals surface area (Å²) in [4.78, 5) is 38.3. The highest BCUT2D eigenvalue weighted by atomic mass is 35.5. The zero-order valence-electron chi connectivity index (χ0n) is 17.4. The van der Waals surface area contributed by atoms with Crippen LogP contribution in [0.15, 0.2) is 56.8 Å². The van der Waals surface area contributed by atoms with Gasteiger partial charge in [0, 0.05) is 22.2 Å². The van der Waals surface area contributed by atoms with Crippen molar-refractivity contribution >= 4 is 99.3 Å². The first-order valence-corrected chi connectivity index (χ1v) is 12.5. The quantitative estimate of drug-likeness (QED) is 0.237. The normalized spacial score (nSPS) is 10.9. The number of nitrogen functional groups attached to an aromatic ring is 2. The van der Waals surface area contributed by atoms with Gasteiger partial charge in [-0.1, -0.05) is 69.9 Å². The number of carbonyl (C=O) groups is 1. The third-order valence-corrected chi connectivity index (χ3v) is 7.64. The molecule has 0 atom stereocenters. The molecule has 36 heavy (non-hydrogen) atoms. The molecule has 0 aliphatic rings. The van der Waals surface area contributed by atoms with Crippen LogP contribution in [0.25, 0.3) is 0 Å². The molecule has 5 N–H and O–H groups in total. The van der Waals surface area contributed by atoms with E-state index in [2.05, 4.69) is 29.9 Å². The second-order valence-corrected chi connectivity index (χ2v) is 10.1. The molecule has 11 nitrogen and oxygen atoms in total. The van der Waals surface area contributed by atoms with Crippen molar-refractivity contribution in [1.82, 2.24) is 29.9 Å². The summed E-state index contributed by atoms with van der Waals surface area (Å²) in [6, 6.07) is 3.13. The lowest BCUT2D eigenvalue weighted by Gasteiger charge is -2.21. The van der Waals surface area contributed by atoms with Crippen molar-refractivity contribution in [3.8, 4) is 0 Å². The molecule has 0 spiro atoms. The van der Waals surface area contributed by atoms with Crippen molar-refractivity contribution in [1.29, 1.82) is 0 Å². The Morgan fingerprint density at radius 2 is 1.19 bits per heavy atom. The summed E-state index contributed by atoms with van der Waals surface area (Å²) < 4.78 is 0. The van der Waals surface area contributed by atoms with E-state index in [-0.39, 0.29) is 43.6 Å². The first kappa shape index (κ1) is 26.3.